The van der Waals surface area contributed by atoms with Gasteiger partial charge in [0, 0.05) is 6.07 Å². The van der Waals surface area contributed by atoms with Crippen LogP contribution in [0.4, 0.5) is 4.39 Å². The molecule has 1 N–H and O–H groups in total. The monoisotopic (exact) mass is 390 g/mol. The molecule has 0 aliphatic rings. The molecule has 0 aliphatic carbocycles. The Hall–Kier alpha value is -0.880. The van der Waals surface area contributed by atoms with Crippen molar-refractivity contribution in [3.05, 3.63) is 55.4 Å². The van der Waals surface area contributed by atoms with E-state index >= 15 is 0 Å². The predicted octanol–water partition coefficient (Wildman–Crippen LogP) is 5.90. The molecule has 0 unspecified atom stereocenters. The van der Waals surface area contributed by atoms with E-state index < -0.39 is 0 Å². The number of hydrogen-bond acceptors (Lipinski definition) is 1. The van der Waals surface area contributed by atoms with E-state index in [1.165, 1.54) is 6.07 Å². The Labute approximate surface area is 137 Å². The van der Waals surface area contributed by atoms with Crippen LogP contribution in [0.3, 0.4) is 0 Å². The third-order valence-electron chi connectivity index (χ3n) is 2.89. The Balaban J connectivity index is 2.35. The number of aromatic nitrogens is 2. The number of nitrogens with one attached hydrogen (secondary N) is 1. The number of rotatable bonds is 1. The number of benzene rings is 2. The number of nitrogens with zero attached hydrogens (tertiary/aromatic N) is 1. The quantitative estimate of drug-likeness (QED) is 0.512. The number of halogens is 4. The summed E-state index contributed by atoms with van der Waals surface area (Å²) in [6.07, 6.45) is 0. The van der Waals surface area contributed by atoms with Crippen LogP contribution < -0.4 is 0 Å². The van der Waals surface area contributed by atoms with Crippen LogP contribution >= 0.6 is 51.3 Å². The van der Waals surface area contributed by atoms with Crippen LogP contribution in [0.2, 0.25) is 10.0 Å². The van der Waals surface area contributed by atoms with E-state index in [4.69, 9.17) is 35.4 Å². The molecule has 0 saturated carbocycles. The van der Waals surface area contributed by atoms with E-state index in [0.717, 1.165) is 11.2 Å². The lowest BCUT2D eigenvalue weighted by atomic mass is 10.2. The number of fused-ring (bicyclic) bond motifs is 1. The smallest absolute Gasteiger partial charge is 0.182 e. The van der Waals surface area contributed by atoms with E-state index in [9.17, 15) is 4.39 Å². The van der Waals surface area contributed by atoms with E-state index in [2.05, 4.69) is 20.9 Å². The molecule has 7 heteroatoms. The molecule has 1 heterocycles. The van der Waals surface area contributed by atoms with Crippen molar-refractivity contribution in [2.75, 3.05) is 0 Å². The van der Waals surface area contributed by atoms with Crippen molar-refractivity contribution >= 4 is 62.4 Å². The molecule has 0 atom stereocenters. The minimum atomic E-state index is -0.361. The Morgan fingerprint density at radius 3 is 2.60 bits per heavy atom. The largest absolute Gasteiger partial charge is 0.330 e. The maximum atomic E-state index is 13.7. The maximum absolute atomic E-state index is 13.7. The van der Waals surface area contributed by atoms with Crippen molar-refractivity contribution in [3.8, 4) is 5.69 Å². The Bertz CT molecular complexity index is 888. The molecule has 0 spiro atoms. The average Bonchev–Trinajstić information content (AvgIpc) is 2.69. The average molecular weight is 392 g/mol. The van der Waals surface area contributed by atoms with Crippen LogP contribution in [0.1, 0.15) is 0 Å². The lowest BCUT2D eigenvalue weighted by molar-refractivity contribution is 0.622. The van der Waals surface area contributed by atoms with E-state index in [-0.39, 0.29) is 5.82 Å². The van der Waals surface area contributed by atoms with Gasteiger partial charge in [-0.1, -0.05) is 23.2 Å². The predicted molar refractivity (Wildman–Crippen MR) is 86.1 cm³/mol. The number of H-pyrrole nitrogens is 1. The first-order chi connectivity index (χ1) is 9.47. The molecule has 3 aromatic rings. The zero-order valence-electron chi connectivity index (χ0n) is 9.75. The molecule has 2 nitrogen and oxygen atoms in total. The molecule has 0 bridgehead atoms. The van der Waals surface area contributed by atoms with Crippen molar-refractivity contribution < 1.29 is 4.39 Å². The molecule has 0 fully saturated rings. The van der Waals surface area contributed by atoms with E-state index in [1.807, 2.05) is 0 Å². The zero-order chi connectivity index (χ0) is 14.4. The summed E-state index contributed by atoms with van der Waals surface area (Å²) < 4.78 is 16.3. The van der Waals surface area contributed by atoms with Crippen LogP contribution in [0.25, 0.3) is 16.7 Å². The summed E-state index contributed by atoms with van der Waals surface area (Å²) in [5.41, 5.74) is 2.08. The number of imidazole rings is 1. The summed E-state index contributed by atoms with van der Waals surface area (Å²) in [7, 11) is 0. The summed E-state index contributed by atoms with van der Waals surface area (Å²) in [5.74, 6) is -0.361. The zero-order valence-corrected chi connectivity index (χ0v) is 13.7. The Morgan fingerprint density at radius 2 is 1.90 bits per heavy atom. The Morgan fingerprint density at radius 1 is 1.15 bits per heavy atom. The van der Waals surface area contributed by atoms with Crippen LogP contribution in [0.15, 0.2) is 34.8 Å². The highest BCUT2D eigenvalue weighted by atomic mass is 79.9. The Kier molecular flexibility index (Phi) is 3.62. The van der Waals surface area contributed by atoms with Gasteiger partial charge in [-0.05, 0) is 52.4 Å². The second-order valence-electron chi connectivity index (χ2n) is 4.15. The van der Waals surface area contributed by atoms with Gasteiger partial charge in [-0.3, -0.25) is 4.57 Å². The molecular formula is C13H6BrCl2FN2S. The van der Waals surface area contributed by atoms with E-state index in [1.54, 1.807) is 28.8 Å². The van der Waals surface area contributed by atoms with E-state index in [0.29, 0.717) is 24.8 Å². The normalized spacial score (nSPS) is 11.2. The molecule has 20 heavy (non-hydrogen) atoms. The van der Waals surface area contributed by atoms with Crippen LogP contribution in [0, 0.1) is 10.6 Å². The van der Waals surface area contributed by atoms with Crippen molar-refractivity contribution in [1.82, 2.24) is 9.55 Å². The van der Waals surface area contributed by atoms with Gasteiger partial charge >= 0.3 is 0 Å². The van der Waals surface area contributed by atoms with Gasteiger partial charge in [0.15, 0.2) is 4.77 Å². The second-order valence-corrected chi connectivity index (χ2v) is 6.20. The first-order valence-corrected chi connectivity index (χ1v) is 7.48. The molecule has 0 amide bonds. The van der Waals surface area contributed by atoms with Gasteiger partial charge in [-0.25, -0.2) is 4.39 Å². The molecule has 0 aliphatic heterocycles. The maximum Gasteiger partial charge on any atom is 0.182 e. The fraction of sp³-hybridized carbons (Fsp3) is 0. The van der Waals surface area contributed by atoms with Crippen LogP contribution in [-0.4, -0.2) is 9.55 Å². The van der Waals surface area contributed by atoms with Gasteiger partial charge in [0.2, 0.25) is 0 Å². The third kappa shape index (κ3) is 2.29. The van der Waals surface area contributed by atoms with Crippen LogP contribution in [0.5, 0.6) is 0 Å². The summed E-state index contributed by atoms with van der Waals surface area (Å²) in [5, 5.41) is 0.869. The molecule has 1 aromatic heterocycles. The fourth-order valence-electron chi connectivity index (χ4n) is 1.98. The van der Waals surface area contributed by atoms with Gasteiger partial charge in [0.1, 0.15) is 5.82 Å². The summed E-state index contributed by atoms with van der Waals surface area (Å²) in [6.45, 7) is 0. The van der Waals surface area contributed by atoms with Gasteiger partial charge in [-0.15, -0.1) is 0 Å². The van der Waals surface area contributed by atoms with Crippen molar-refractivity contribution in [2.24, 2.45) is 0 Å². The molecule has 0 radical (unpaired) electrons. The number of aromatic amines is 1. The minimum absolute atomic E-state index is 0.361. The van der Waals surface area contributed by atoms with Gasteiger partial charge in [-0.2, -0.15) is 0 Å². The first-order valence-electron chi connectivity index (χ1n) is 5.52. The standard InChI is InChI=1S/C13H6BrCl2FN2S/c14-7-4-11-12(5-10(7)17)19(13(20)18-11)6-1-2-8(15)9(16)3-6/h1-5H,(H,18,20). The first kappa shape index (κ1) is 14.1. The van der Waals surface area contributed by atoms with Gasteiger partial charge in [0.05, 0.1) is 31.2 Å². The summed E-state index contributed by atoms with van der Waals surface area (Å²) >= 11 is 20.4. The number of hydrogen-bond donors (Lipinski definition) is 1. The fourth-order valence-corrected chi connectivity index (χ4v) is 2.93. The lowest BCUT2D eigenvalue weighted by Gasteiger charge is -2.06. The minimum Gasteiger partial charge on any atom is -0.330 e. The lowest BCUT2D eigenvalue weighted by Crippen LogP contribution is -1.94. The molecule has 102 valence electrons. The SMILES string of the molecule is Fc1cc2c(cc1Br)[nH]c(=S)n2-c1ccc(Cl)c(Cl)c1. The molecule has 2 aromatic carbocycles. The molecule has 3 rings (SSSR count). The summed E-state index contributed by atoms with van der Waals surface area (Å²) in [4.78, 5) is 3.03. The van der Waals surface area contributed by atoms with Crippen molar-refractivity contribution in [3.63, 3.8) is 0 Å². The van der Waals surface area contributed by atoms with Gasteiger partial charge in [0.25, 0.3) is 0 Å². The highest BCUT2D eigenvalue weighted by Crippen LogP contribution is 2.29. The highest BCUT2D eigenvalue weighted by Gasteiger charge is 2.11. The van der Waals surface area contributed by atoms with Crippen molar-refractivity contribution in [1.29, 1.82) is 0 Å². The third-order valence-corrected chi connectivity index (χ3v) is 4.52. The summed E-state index contributed by atoms with van der Waals surface area (Å²) in [6, 6.07) is 8.20. The molecule has 0 saturated heterocycles. The van der Waals surface area contributed by atoms with Crippen LogP contribution in [-0.2, 0) is 0 Å². The topological polar surface area (TPSA) is 20.7 Å². The highest BCUT2D eigenvalue weighted by molar-refractivity contribution is 9.10. The second kappa shape index (κ2) is 5.15. The van der Waals surface area contributed by atoms with Gasteiger partial charge < -0.3 is 4.98 Å². The molecular weight excluding hydrogens is 386 g/mol. The van der Waals surface area contributed by atoms with Crippen molar-refractivity contribution in [2.45, 2.75) is 0 Å².